The van der Waals surface area contributed by atoms with Crippen LogP contribution in [-0.2, 0) is 5.75 Å². The molecule has 0 saturated heterocycles. The highest BCUT2D eigenvalue weighted by atomic mass is 32.2. The summed E-state index contributed by atoms with van der Waals surface area (Å²) in [5.74, 6) is 0.753. The quantitative estimate of drug-likeness (QED) is 0.675. The van der Waals surface area contributed by atoms with Gasteiger partial charge in [-0.2, -0.15) is 10.5 Å². The van der Waals surface area contributed by atoms with Gasteiger partial charge in [0.05, 0.1) is 17.8 Å². The Morgan fingerprint density at radius 1 is 1.16 bits per heavy atom. The second kappa shape index (κ2) is 5.85. The van der Waals surface area contributed by atoms with Crippen LogP contribution in [0.4, 0.5) is 5.82 Å². The lowest BCUT2D eigenvalue weighted by Crippen LogP contribution is -1.98. The molecule has 1 aromatic carbocycles. The molecule has 0 fully saturated rings. The Labute approximate surface area is 114 Å². The summed E-state index contributed by atoms with van der Waals surface area (Å²) in [7, 11) is 0. The van der Waals surface area contributed by atoms with Crippen molar-refractivity contribution in [1.82, 2.24) is 9.97 Å². The van der Waals surface area contributed by atoms with Crippen molar-refractivity contribution in [2.24, 2.45) is 0 Å². The zero-order valence-electron chi connectivity index (χ0n) is 9.87. The number of nitrogens with two attached hydrogens (primary N) is 1. The van der Waals surface area contributed by atoms with Crippen LogP contribution in [0.5, 0.6) is 0 Å². The van der Waals surface area contributed by atoms with Crippen molar-refractivity contribution >= 4 is 17.6 Å². The Kier molecular flexibility index (Phi) is 3.97. The number of thioether (sulfide) groups is 1. The number of nitrogens with zero attached hydrogens (tertiary/aromatic N) is 4. The number of nitriles is 2. The lowest BCUT2D eigenvalue weighted by atomic mass is 10.1. The molecule has 92 valence electrons. The molecule has 0 aliphatic heterocycles. The largest absolute Gasteiger partial charge is 0.382 e. The van der Waals surface area contributed by atoms with E-state index >= 15 is 0 Å². The van der Waals surface area contributed by atoms with E-state index in [0.29, 0.717) is 16.5 Å². The highest BCUT2D eigenvalue weighted by molar-refractivity contribution is 7.98. The van der Waals surface area contributed by atoms with E-state index in [4.69, 9.17) is 16.3 Å². The van der Waals surface area contributed by atoms with Crippen molar-refractivity contribution in [3.8, 4) is 12.1 Å². The van der Waals surface area contributed by atoms with Crippen molar-refractivity contribution in [1.29, 1.82) is 10.5 Å². The van der Waals surface area contributed by atoms with Gasteiger partial charge in [0.1, 0.15) is 17.5 Å². The summed E-state index contributed by atoms with van der Waals surface area (Å²) in [6.07, 6.45) is 1.40. The minimum atomic E-state index is 0.175. The molecule has 0 atom stereocenters. The van der Waals surface area contributed by atoms with E-state index in [1.807, 2.05) is 24.3 Å². The first kappa shape index (κ1) is 12.9. The topological polar surface area (TPSA) is 99.4 Å². The maximum Gasteiger partial charge on any atom is 0.189 e. The number of rotatable bonds is 3. The predicted octanol–water partition coefficient (Wildman–Crippen LogP) is 2.09. The third kappa shape index (κ3) is 3.01. The molecule has 6 heteroatoms. The monoisotopic (exact) mass is 267 g/mol. The summed E-state index contributed by atoms with van der Waals surface area (Å²) in [4.78, 5) is 8.09. The molecular formula is C13H9N5S. The third-order valence-electron chi connectivity index (χ3n) is 2.41. The highest BCUT2D eigenvalue weighted by Crippen LogP contribution is 2.22. The van der Waals surface area contributed by atoms with Crippen molar-refractivity contribution in [2.75, 3.05) is 5.73 Å². The predicted molar refractivity (Wildman–Crippen MR) is 71.9 cm³/mol. The maximum atomic E-state index is 8.98. The van der Waals surface area contributed by atoms with Crippen LogP contribution in [0.15, 0.2) is 35.6 Å². The standard InChI is InChI=1S/C13H9N5S/c14-5-9-3-1-2-4-10(9)8-19-13-17-7-11(6-15)12(16)18-13/h1-4,7H,8H2,(H2,16,17,18). The Morgan fingerprint density at radius 3 is 2.58 bits per heavy atom. The first-order valence-electron chi connectivity index (χ1n) is 5.38. The highest BCUT2D eigenvalue weighted by Gasteiger charge is 2.06. The second-order valence-corrected chi connectivity index (χ2v) is 4.56. The van der Waals surface area contributed by atoms with Gasteiger partial charge in [-0.1, -0.05) is 30.0 Å². The van der Waals surface area contributed by atoms with E-state index in [-0.39, 0.29) is 11.4 Å². The molecule has 0 bridgehead atoms. The van der Waals surface area contributed by atoms with Gasteiger partial charge >= 0.3 is 0 Å². The third-order valence-corrected chi connectivity index (χ3v) is 3.32. The molecule has 2 aromatic rings. The van der Waals surface area contributed by atoms with Crippen LogP contribution < -0.4 is 5.73 Å². The van der Waals surface area contributed by atoms with E-state index in [2.05, 4.69) is 16.0 Å². The van der Waals surface area contributed by atoms with E-state index in [1.165, 1.54) is 18.0 Å². The number of nitrogen functional groups attached to an aromatic ring is 1. The van der Waals surface area contributed by atoms with Gasteiger partial charge in [0.15, 0.2) is 5.16 Å². The SMILES string of the molecule is N#Cc1ccccc1CSc1ncc(C#N)c(N)n1. The lowest BCUT2D eigenvalue weighted by molar-refractivity contribution is 0.968. The zero-order valence-corrected chi connectivity index (χ0v) is 10.7. The molecule has 1 heterocycles. The fourth-order valence-corrected chi connectivity index (χ4v) is 2.26. The van der Waals surface area contributed by atoms with Crippen molar-refractivity contribution in [3.05, 3.63) is 47.2 Å². The molecule has 19 heavy (non-hydrogen) atoms. The van der Waals surface area contributed by atoms with Crippen LogP contribution in [0.25, 0.3) is 0 Å². The molecule has 0 spiro atoms. The van der Waals surface area contributed by atoms with E-state index in [1.54, 1.807) is 6.07 Å². The molecular weight excluding hydrogens is 258 g/mol. The van der Waals surface area contributed by atoms with Gasteiger partial charge in [-0.25, -0.2) is 9.97 Å². The molecule has 0 unspecified atom stereocenters. The van der Waals surface area contributed by atoms with Crippen molar-refractivity contribution in [3.63, 3.8) is 0 Å². The number of benzene rings is 1. The Hall–Kier alpha value is -2.57. The fourth-order valence-electron chi connectivity index (χ4n) is 1.43. The first-order valence-corrected chi connectivity index (χ1v) is 6.36. The van der Waals surface area contributed by atoms with Gasteiger partial charge in [0, 0.05) is 5.75 Å². The molecule has 0 saturated carbocycles. The Bertz CT molecular complexity index is 684. The van der Waals surface area contributed by atoms with Crippen LogP contribution in [0.2, 0.25) is 0 Å². The molecule has 1 aromatic heterocycles. The number of aromatic nitrogens is 2. The van der Waals surface area contributed by atoms with Crippen LogP contribution in [-0.4, -0.2) is 9.97 Å². The molecule has 5 nitrogen and oxygen atoms in total. The number of anilines is 1. The van der Waals surface area contributed by atoms with E-state index < -0.39 is 0 Å². The smallest absolute Gasteiger partial charge is 0.189 e. The molecule has 2 rings (SSSR count). The van der Waals surface area contributed by atoms with Crippen molar-refractivity contribution in [2.45, 2.75) is 10.9 Å². The first-order chi connectivity index (χ1) is 9.24. The Morgan fingerprint density at radius 2 is 1.89 bits per heavy atom. The lowest BCUT2D eigenvalue weighted by Gasteiger charge is -2.03. The summed E-state index contributed by atoms with van der Waals surface area (Å²) in [5.41, 5.74) is 7.44. The van der Waals surface area contributed by atoms with Crippen LogP contribution in [0.1, 0.15) is 16.7 Å². The van der Waals surface area contributed by atoms with Gasteiger partial charge in [-0.3, -0.25) is 0 Å². The molecule has 0 amide bonds. The molecule has 0 radical (unpaired) electrons. The van der Waals surface area contributed by atoms with Crippen molar-refractivity contribution < 1.29 is 0 Å². The summed E-state index contributed by atoms with van der Waals surface area (Å²) >= 11 is 1.37. The fraction of sp³-hybridized carbons (Fsp3) is 0.0769. The average Bonchev–Trinajstić information content (AvgIpc) is 2.45. The van der Waals surface area contributed by atoms with E-state index in [9.17, 15) is 0 Å². The number of hydrogen-bond donors (Lipinski definition) is 1. The molecule has 0 aliphatic carbocycles. The van der Waals surface area contributed by atoms with Gasteiger partial charge < -0.3 is 5.73 Å². The van der Waals surface area contributed by atoms with Gasteiger partial charge in [0.25, 0.3) is 0 Å². The second-order valence-electron chi connectivity index (χ2n) is 3.62. The number of hydrogen-bond acceptors (Lipinski definition) is 6. The molecule has 2 N–H and O–H groups in total. The van der Waals surface area contributed by atoms with E-state index in [0.717, 1.165) is 5.56 Å². The van der Waals surface area contributed by atoms with Gasteiger partial charge in [-0.15, -0.1) is 0 Å². The van der Waals surface area contributed by atoms with Gasteiger partial charge in [0.2, 0.25) is 0 Å². The minimum Gasteiger partial charge on any atom is -0.382 e. The van der Waals surface area contributed by atoms with Crippen LogP contribution >= 0.6 is 11.8 Å². The van der Waals surface area contributed by atoms with Crippen LogP contribution in [0.3, 0.4) is 0 Å². The summed E-state index contributed by atoms with van der Waals surface area (Å²) in [5, 5.41) is 18.2. The van der Waals surface area contributed by atoms with Gasteiger partial charge in [-0.05, 0) is 11.6 Å². The summed E-state index contributed by atoms with van der Waals surface area (Å²) in [6, 6.07) is 11.4. The van der Waals surface area contributed by atoms with Crippen LogP contribution in [0, 0.1) is 22.7 Å². The molecule has 0 aliphatic rings. The normalized spacial score (nSPS) is 9.58. The zero-order chi connectivity index (χ0) is 13.7. The maximum absolute atomic E-state index is 8.98. The summed E-state index contributed by atoms with van der Waals surface area (Å²) < 4.78 is 0. The minimum absolute atomic E-state index is 0.175. The Balaban J connectivity index is 2.13. The summed E-state index contributed by atoms with van der Waals surface area (Å²) in [6.45, 7) is 0. The average molecular weight is 267 g/mol.